The molecule has 0 unspecified atom stereocenters. The standard InChI is InChI=1S/C21H22ClN3O/c1-16-7-8-18(22)13-20(16)25-11-9-24(10-12-25)15-19-14-21(26-23-19)17-5-3-2-4-6-17/h2-8,13-14H,9-12,15H2,1H3. The van der Waals surface area contributed by atoms with E-state index in [4.69, 9.17) is 16.1 Å². The van der Waals surface area contributed by atoms with Gasteiger partial charge in [-0.05, 0) is 24.6 Å². The number of hydrogen-bond donors (Lipinski definition) is 0. The zero-order valence-corrected chi connectivity index (χ0v) is 15.6. The topological polar surface area (TPSA) is 32.5 Å². The molecule has 0 radical (unpaired) electrons. The van der Waals surface area contributed by atoms with Crippen LogP contribution >= 0.6 is 11.6 Å². The Morgan fingerprint density at radius 3 is 2.54 bits per heavy atom. The van der Waals surface area contributed by atoms with Crippen molar-refractivity contribution in [2.75, 3.05) is 31.1 Å². The van der Waals surface area contributed by atoms with Crippen LogP contribution in [-0.2, 0) is 6.54 Å². The van der Waals surface area contributed by atoms with Gasteiger partial charge in [0.2, 0.25) is 0 Å². The zero-order chi connectivity index (χ0) is 17.9. The smallest absolute Gasteiger partial charge is 0.167 e. The van der Waals surface area contributed by atoms with E-state index in [1.54, 1.807) is 0 Å². The molecule has 26 heavy (non-hydrogen) atoms. The summed E-state index contributed by atoms with van der Waals surface area (Å²) in [4.78, 5) is 4.83. The Balaban J connectivity index is 1.37. The second-order valence-electron chi connectivity index (χ2n) is 6.74. The SMILES string of the molecule is Cc1ccc(Cl)cc1N1CCN(Cc2cc(-c3ccccc3)on2)CC1. The molecule has 0 N–H and O–H groups in total. The van der Waals surface area contributed by atoms with Gasteiger partial charge in [0, 0.05) is 55.1 Å². The van der Waals surface area contributed by atoms with Crippen molar-refractivity contribution in [3.05, 3.63) is 70.9 Å². The van der Waals surface area contributed by atoms with Gasteiger partial charge in [-0.1, -0.05) is 53.2 Å². The molecule has 0 spiro atoms. The first-order chi connectivity index (χ1) is 12.7. The zero-order valence-electron chi connectivity index (χ0n) is 14.9. The maximum Gasteiger partial charge on any atom is 0.167 e. The fourth-order valence-corrected chi connectivity index (χ4v) is 3.59. The maximum absolute atomic E-state index is 6.17. The molecule has 5 heteroatoms. The molecule has 2 aromatic carbocycles. The predicted octanol–water partition coefficient (Wildman–Crippen LogP) is 4.63. The molecule has 4 rings (SSSR count). The molecule has 3 aromatic rings. The van der Waals surface area contributed by atoms with Gasteiger partial charge in [0.05, 0.1) is 5.69 Å². The first-order valence-electron chi connectivity index (χ1n) is 8.93. The molecule has 1 saturated heterocycles. The summed E-state index contributed by atoms with van der Waals surface area (Å²) in [5.74, 6) is 0.828. The summed E-state index contributed by atoms with van der Waals surface area (Å²) < 4.78 is 5.51. The molecule has 0 atom stereocenters. The van der Waals surface area contributed by atoms with Crippen molar-refractivity contribution in [1.82, 2.24) is 10.1 Å². The molecule has 1 fully saturated rings. The second-order valence-corrected chi connectivity index (χ2v) is 7.18. The van der Waals surface area contributed by atoms with Gasteiger partial charge < -0.3 is 9.42 Å². The van der Waals surface area contributed by atoms with Crippen LogP contribution in [0.15, 0.2) is 59.1 Å². The van der Waals surface area contributed by atoms with E-state index >= 15 is 0 Å². The van der Waals surface area contributed by atoms with E-state index in [0.717, 1.165) is 54.8 Å². The van der Waals surface area contributed by atoms with Gasteiger partial charge in [-0.25, -0.2) is 0 Å². The van der Waals surface area contributed by atoms with Crippen LogP contribution < -0.4 is 4.90 Å². The molecule has 1 aliphatic rings. The van der Waals surface area contributed by atoms with Gasteiger partial charge in [0.15, 0.2) is 5.76 Å². The minimum atomic E-state index is 0.795. The van der Waals surface area contributed by atoms with E-state index in [1.807, 2.05) is 42.5 Å². The van der Waals surface area contributed by atoms with Crippen molar-refractivity contribution in [1.29, 1.82) is 0 Å². The summed E-state index contributed by atoms with van der Waals surface area (Å²) in [5.41, 5.74) is 4.56. The quantitative estimate of drug-likeness (QED) is 0.673. The number of aromatic nitrogens is 1. The van der Waals surface area contributed by atoms with E-state index in [1.165, 1.54) is 11.3 Å². The third-order valence-corrected chi connectivity index (χ3v) is 5.12. The van der Waals surface area contributed by atoms with Crippen LogP contribution in [0.25, 0.3) is 11.3 Å². The van der Waals surface area contributed by atoms with Crippen LogP contribution in [0.3, 0.4) is 0 Å². The van der Waals surface area contributed by atoms with Gasteiger partial charge in [0.1, 0.15) is 0 Å². The van der Waals surface area contributed by atoms with Gasteiger partial charge in [0.25, 0.3) is 0 Å². The molecular formula is C21H22ClN3O. The Hall–Kier alpha value is -2.30. The fraction of sp³-hybridized carbons (Fsp3) is 0.286. The summed E-state index contributed by atoms with van der Waals surface area (Å²) in [7, 11) is 0. The average Bonchev–Trinajstić information content (AvgIpc) is 3.14. The van der Waals surface area contributed by atoms with Crippen molar-refractivity contribution in [2.45, 2.75) is 13.5 Å². The van der Waals surface area contributed by atoms with Crippen LogP contribution in [0.4, 0.5) is 5.69 Å². The average molecular weight is 368 g/mol. The normalized spacial score (nSPS) is 15.4. The van der Waals surface area contributed by atoms with Crippen LogP contribution in [0.1, 0.15) is 11.3 Å². The molecule has 0 bridgehead atoms. The summed E-state index contributed by atoms with van der Waals surface area (Å²) >= 11 is 6.17. The van der Waals surface area contributed by atoms with Crippen molar-refractivity contribution < 1.29 is 4.52 Å². The second kappa shape index (κ2) is 7.52. The van der Waals surface area contributed by atoms with Crippen molar-refractivity contribution in [3.8, 4) is 11.3 Å². The van der Waals surface area contributed by atoms with Crippen LogP contribution in [0, 0.1) is 6.92 Å². The molecule has 0 amide bonds. The van der Waals surface area contributed by atoms with Gasteiger partial charge in [-0.3, -0.25) is 4.90 Å². The number of halogens is 1. The molecule has 1 aliphatic heterocycles. The summed E-state index contributed by atoms with van der Waals surface area (Å²) in [5, 5.41) is 5.04. The largest absolute Gasteiger partial charge is 0.369 e. The fourth-order valence-electron chi connectivity index (χ4n) is 3.42. The molecule has 134 valence electrons. The minimum Gasteiger partial charge on any atom is -0.369 e. The Labute approximate surface area is 159 Å². The lowest BCUT2D eigenvalue weighted by molar-refractivity contribution is 0.242. The Bertz CT molecular complexity index is 870. The lowest BCUT2D eigenvalue weighted by Crippen LogP contribution is -2.46. The number of hydrogen-bond acceptors (Lipinski definition) is 4. The number of rotatable bonds is 4. The first-order valence-corrected chi connectivity index (χ1v) is 9.31. The number of nitrogens with zero attached hydrogens (tertiary/aromatic N) is 3. The highest BCUT2D eigenvalue weighted by atomic mass is 35.5. The van der Waals surface area contributed by atoms with E-state index < -0.39 is 0 Å². The van der Waals surface area contributed by atoms with Crippen LogP contribution in [0.2, 0.25) is 5.02 Å². The summed E-state index contributed by atoms with van der Waals surface area (Å²) in [6.07, 6.45) is 0. The highest BCUT2D eigenvalue weighted by Crippen LogP contribution is 2.26. The minimum absolute atomic E-state index is 0.795. The Morgan fingerprint density at radius 1 is 1.00 bits per heavy atom. The van der Waals surface area contributed by atoms with Gasteiger partial charge in [-0.2, -0.15) is 0 Å². The van der Waals surface area contributed by atoms with Crippen molar-refractivity contribution in [2.24, 2.45) is 0 Å². The molecule has 1 aromatic heterocycles. The number of anilines is 1. The highest BCUT2D eigenvalue weighted by Gasteiger charge is 2.20. The Morgan fingerprint density at radius 2 is 1.77 bits per heavy atom. The van der Waals surface area contributed by atoms with Crippen LogP contribution in [0.5, 0.6) is 0 Å². The Kier molecular flexibility index (Phi) is 4.96. The maximum atomic E-state index is 6.17. The first kappa shape index (κ1) is 17.1. The molecular weight excluding hydrogens is 346 g/mol. The molecule has 2 heterocycles. The lowest BCUT2D eigenvalue weighted by atomic mass is 10.1. The van der Waals surface area contributed by atoms with Gasteiger partial charge >= 0.3 is 0 Å². The lowest BCUT2D eigenvalue weighted by Gasteiger charge is -2.36. The van der Waals surface area contributed by atoms with E-state index in [-0.39, 0.29) is 0 Å². The van der Waals surface area contributed by atoms with Crippen molar-refractivity contribution >= 4 is 17.3 Å². The van der Waals surface area contributed by atoms with E-state index in [9.17, 15) is 0 Å². The third-order valence-electron chi connectivity index (χ3n) is 4.89. The number of piperazine rings is 1. The molecule has 4 nitrogen and oxygen atoms in total. The highest BCUT2D eigenvalue weighted by molar-refractivity contribution is 6.30. The van der Waals surface area contributed by atoms with E-state index in [2.05, 4.69) is 34.0 Å². The third kappa shape index (κ3) is 3.76. The molecule has 0 aliphatic carbocycles. The van der Waals surface area contributed by atoms with Crippen LogP contribution in [-0.4, -0.2) is 36.2 Å². The number of aryl methyl sites for hydroxylation is 1. The predicted molar refractivity (Wildman–Crippen MR) is 106 cm³/mol. The summed E-state index contributed by atoms with van der Waals surface area (Å²) in [6.45, 7) is 6.94. The van der Waals surface area contributed by atoms with Crippen molar-refractivity contribution in [3.63, 3.8) is 0 Å². The number of benzene rings is 2. The van der Waals surface area contributed by atoms with Gasteiger partial charge in [-0.15, -0.1) is 0 Å². The molecule has 0 saturated carbocycles. The summed E-state index contributed by atoms with van der Waals surface area (Å²) in [6, 6.07) is 18.2. The van der Waals surface area contributed by atoms with E-state index in [0.29, 0.717) is 0 Å². The monoisotopic (exact) mass is 367 g/mol.